The number of rotatable bonds is 5. The molecule has 3 aliphatic rings. The number of methoxy groups -OCH3 is 1. The maximum atomic E-state index is 13.8. The van der Waals surface area contributed by atoms with Crippen molar-refractivity contribution in [2.45, 2.75) is 72.8 Å². The molecule has 1 aliphatic heterocycles. The van der Waals surface area contributed by atoms with Crippen LogP contribution >= 0.6 is 0 Å². The van der Waals surface area contributed by atoms with E-state index in [0.29, 0.717) is 30.9 Å². The van der Waals surface area contributed by atoms with Gasteiger partial charge in [-0.25, -0.2) is 0 Å². The fraction of sp³-hybridized carbons (Fsp3) is 0.405. The van der Waals surface area contributed by atoms with Gasteiger partial charge in [0.05, 0.1) is 7.11 Å². The van der Waals surface area contributed by atoms with E-state index in [4.69, 9.17) is 9.47 Å². The van der Waals surface area contributed by atoms with Crippen LogP contribution in [0.15, 0.2) is 77.1 Å². The minimum Gasteiger partial charge on any atom is -0.493 e. The fourth-order valence-corrected chi connectivity index (χ4v) is 7.27. The second kappa shape index (κ2) is 10.1. The molecule has 0 amide bonds. The predicted molar refractivity (Wildman–Crippen MR) is 167 cm³/mol. The van der Waals surface area contributed by atoms with Gasteiger partial charge in [-0.1, -0.05) is 70.2 Å². The lowest BCUT2D eigenvalue weighted by Gasteiger charge is -2.47. The standard InChI is InChI=1S/C37H41NO4/c1-22-12-13-23-10-8-9-11-25(23)26(22)21-42-31-15-14-24(16-32(31)41-7)33-34-27(17-36(2,3)19-29(34)39)38(6)28-18-37(4,5)20-30(40)35(28)33/h8-16,33H,17-21H2,1-7H3. The number of allylic oxidation sites excluding steroid dienone is 4. The summed E-state index contributed by atoms with van der Waals surface area (Å²) in [5, 5.41) is 2.36. The Kier molecular flexibility index (Phi) is 6.83. The van der Waals surface area contributed by atoms with E-state index in [9.17, 15) is 9.59 Å². The summed E-state index contributed by atoms with van der Waals surface area (Å²) in [6.07, 6.45) is 2.55. The molecule has 0 unspecified atom stereocenters. The number of ketones is 2. The summed E-state index contributed by atoms with van der Waals surface area (Å²) in [6.45, 7) is 11.1. The van der Waals surface area contributed by atoms with E-state index < -0.39 is 5.92 Å². The van der Waals surface area contributed by atoms with Gasteiger partial charge >= 0.3 is 0 Å². The van der Waals surface area contributed by atoms with Crippen LogP contribution in [0.1, 0.15) is 76.0 Å². The minimum absolute atomic E-state index is 0.129. The van der Waals surface area contributed by atoms with Gasteiger partial charge in [0.25, 0.3) is 0 Å². The van der Waals surface area contributed by atoms with Gasteiger partial charge in [0.15, 0.2) is 23.1 Å². The van der Waals surface area contributed by atoms with Crippen molar-refractivity contribution in [3.8, 4) is 11.5 Å². The van der Waals surface area contributed by atoms with Crippen LogP contribution in [0.4, 0.5) is 0 Å². The van der Waals surface area contributed by atoms with Crippen LogP contribution in [0.2, 0.25) is 0 Å². The maximum Gasteiger partial charge on any atom is 0.162 e. The Labute approximate surface area is 249 Å². The summed E-state index contributed by atoms with van der Waals surface area (Å²) in [7, 11) is 3.68. The summed E-state index contributed by atoms with van der Waals surface area (Å²) in [5.41, 5.74) is 6.60. The molecule has 218 valence electrons. The Morgan fingerprint density at radius 2 is 1.43 bits per heavy atom. The lowest BCUT2D eigenvalue weighted by molar-refractivity contribution is -0.119. The average molecular weight is 564 g/mol. The quantitative estimate of drug-likeness (QED) is 0.314. The second-order valence-electron chi connectivity index (χ2n) is 13.9. The van der Waals surface area contributed by atoms with Crippen molar-refractivity contribution in [1.82, 2.24) is 4.90 Å². The summed E-state index contributed by atoms with van der Waals surface area (Å²) >= 11 is 0. The molecule has 3 aromatic rings. The molecule has 5 nitrogen and oxygen atoms in total. The maximum absolute atomic E-state index is 13.8. The van der Waals surface area contributed by atoms with Crippen LogP contribution in [-0.4, -0.2) is 30.6 Å². The van der Waals surface area contributed by atoms with Crippen molar-refractivity contribution >= 4 is 22.3 Å². The van der Waals surface area contributed by atoms with Crippen LogP contribution in [0, 0.1) is 17.8 Å². The summed E-state index contributed by atoms with van der Waals surface area (Å²) in [4.78, 5) is 29.8. The lowest BCUT2D eigenvalue weighted by atomic mass is 9.64. The van der Waals surface area contributed by atoms with E-state index in [1.807, 2.05) is 31.3 Å². The van der Waals surface area contributed by atoms with E-state index in [1.165, 1.54) is 16.3 Å². The highest BCUT2D eigenvalue weighted by Crippen LogP contribution is 2.54. The Hall–Kier alpha value is -3.86. The zero-order valence-electron chi connectivity index (χ0n) is 25.9. The van der Waals surface area contributed by atoms with Crippen LogP contribution in [-0.2, 0) is 16.2 Å². The van der Waals surface area contributed by atoms with E-state index in [2.05, 4.69) is 69.9 Å². The second-order valence-corrected chi connectivity index (χ2v) is 13.9. The molecule has 0 atom stereocenters. The predicted octanol–water partition coefficient (Wildman–Crippen LogP) is 8.05. The number of aryl methyl sites for hydroxylation is 1. The number of hydrogen-bond acceptors (Lipinski definition) is 5. The Bertz CT molecular complexity index is 1640. The van der Waals surface area contributed by atoms with E-state index in [-0.39, 0.29) is 22.4 Å². The molecule has 0 spiro atoms. The third kappa shape index (κ3) is 4.83. The largest absolute Gasteiger partial charge is 0.493 e. The molecule has 0 N–H and O–H groups in total. The van der Waals surface area contributed by atoms with Crippen LogP contribution in [0.3, 0.4) is 0 Å². The normalized spacial score (nSPS) is 20.1. The van der Waals surface area contributed by atoms with Gasteiger partial charge in [0.2, 0.25) is 0 Å². The van der Waals surface area contributed by atoms with Crippen molar-refractivity contribution in [3.05, 3.63) is 93.8 Å². The van der Waals surface area contributed by atoms with Crippen molar-refractivity contribution in [3.63, 3.8) is 0 Å². The van der Waals surface area contributed by atoms with Crippen molar-refractivity contribution < 1.29 is 19.1 Å². The molecule has 0 aromatic heterocycles. The number of ether oxygens (including phenoxy) is 2. The molecule has 2 aliphatic carbocycles. The van der Waals surface area contributed by atoms with E-state index >= 15 is 0 Å². The van der Waals surface area contributed by atoms with Gasteiger partial charge < -0.3 is 14.4 Å². The molecule has 5 heteroatoms. The van der Waals surface area contributed by atoms with Gasteiger partial charge in [-0.3, -0.25) is 9.59 Å². The number of Topliss-reactive ketones (excluding diaryl/α,β-unsaturated/α-hetero) is 2. The highest BCUT2D eigenvalue weighted by Gasteiger charge is 2.48. The molecule has 6 rings (SSSR count). The average Bonchev–Trinajstić information content (AvgIpc) is 2.92. The zero-order chi connectivity index (χ0) is 30.0. The number of carbonyl (C=O) groups excluding carboxylic acids is 2. The van der Waals surface area contributed by atoms with Gasteiger partial charge in [-0.2, -0.15) is 0 Å². The first-order chi connectivity index (χ1) is 19.9. The minimum atomic E-state index is -0.401. The molecule has 0 bridgehead atoms. The molecular weight excluding hydrogens is 522 g/mol. The van der Waals surface area contributed by atoms with Gasteiger partial charge in [0.1, 0.15) is 6.61 Å². The topological polar surface area (TPSA) is 55.8 Å². The van der Waals surface area contributed by atoms with E-state index in [1.54, 1.807) is 7.11 Å². The number of benzene rings is 3. The van der Waals surface area contributed by atoms with Crippen LogP contribution < -0.4 is 9.47 Å². The molecule has 0 fully saturated rings. The highest BCUT2D eigenvalue weighted by molar-refractivity contribution is 6.06. The Morgan fingerprint density at radius 1 is 0.810 bits per heavy atom. The van der Waals surface area contributed by atoms with E-state index in [0.717, 1.165) is 46.5 Å². The molecule has 0 saturated carbocycles. The molecular formula is C37H41NO4. The summed E-state index contributed by atoms with van der Waals surface area (Å²) in [6, 6.07) is 18.5. The first kappa shape index (κ1) is 28.3. The smallest absolute Gasteiger partial charge is 0.162 e. The summed E-state index contributed by atoms with van der Waals surface area (Å²) in [5.74, 6) is 1.10. The summed E-state index contributed by atoms with van der Waals surface area (Å²) < 4.78 is 12.2. The molecule has 1 heterocycles. The Morgan fingerprint density at radius 3 is 2.05 bits per heavy atom. The van der Waals surface area contributed by atoms with Crippen molar-refractivity contribution in [2.24, 2.45) is 10.8 Å². The Balaban J connectivity index is 1.42. The molecule has 0 radical (unpaired) electrons. The van der Waals surface area contributed by atoms with Crippen LogP contribution in [0.25, 0.3) is 10.8 Å². The SMILES string of the molecule is COc1cc(C2C3=C(CC(C)(C)CC3=O)N(C)C3=C2C(=O)CC(C)(C)C3)ccc1OCc1c(C)ccc2ccccc12. The first-order valence-corrected chi connectivity index (χ1v) is 14.9. The third-order valence-corrected chi connectivity index (χ3v) is 9.35. The lowest BCUT2D eigenvalue weighted by Crippen LogP contribution is -2.43. The number of hydrogen-bond donors (Lipinski definition) is 0. The number of nitrogens with zero attached hydrogens (tertiary/aromatic N) is 1. The van der Waals surface area contributed by atoms with Crippen molar-refractivity contribution in [2.75, 3.05) is 14.2 Å². The molecule has 3 aromatic carbocycles. The fourth-order valence-electron chi connectivity index (χ4n) is 7.27. The molecule has 0 saturated heterocycles. The van der Waals surface area contributed by atoms with Gasteiger partial charge in [0, 0.05) is 53.9 Å². The third-order valence-electron chi connectivity index (χ3n) is 9.35. The van der Waals surface area contributed by atoms with Gasteiger partial charge in [-0.05, 0) is 64.6 Å². The first-order valence-electron chi connectivity index (χ1n) is 14.9. The highest BCUT2D eigenvalue weighted by atomic mass is 16.5. The number of carbonyl (C=O) groups is 2. The monoisotopic (exact) mass is 563 g/mol. The van der Waals surface area contributed by atoms with Crippen LogP contribution in [0.5, 0.6) is 11.5 Å². The van der Waals surface area contributed by atoms with Gasteiger partial charge in [-0.15, -0.1) is 0 Å². The van der Waals surface area contributed by atoms with Crippen molar-refractivity contribution in [1.29, 1.82) is 0 Å². The zero-order valence-corrected chi connectivity index (χ0v) is 25.9. The molecule has 42 heavy (non-hydrogen) atoms. The number of fused-ring (bicyclic) bond motifs is 1.